The zero-order chi connectivity index (χ0) is 6.97. The number of hydrogen-bond acceptors (Lipinski definition) is 2. The molecule has 0 spiro atoms. The predicted octanol–water partition coefficient (Wildman–Crippen LogP) is 0.403. The molecule has 4 nitrogen and oxygen atoms in total. The van der Waals surface area contributed by atoms with Crippen LogP contribution in [0.1, 0.15) is 0 Å². The zero-order valence-corrected chi connectivity index (χ0v) is 5.11. The molecule has 10 heavy (non-hydrogen) atoms. The van der Waals surface area contributed by atoms with Crippen molar-refractivity contribution in [1.29, 1.82) is 0 Å². The van der Waals surface area contributed by atoms with Gasteiger partial charge in [-0.25, -0.2) is 0 Å². The number of H-pyrrole nitrogens is 1. The molecular formula is C6H5N3O. The average Bonchev–Trinajstić information content (AvgIpc) is 2.44. The van der Waals surface area contributed by atoms with Crippen LogP contribution in [0.2, 0.25) is 0 Å². The second-order valence-corrected chi connectivity index (χ2v) is 1.98. The fraction of sp³-hybridized carbons (Fsp3) is 0. The molecule has 2 aromatic heterocycles. The van der Waals surface area contributed by atoms with Gasteiger partial charge in [-0.2, -0.15) is 9.78 Å². The van der Waals surface area contributed by atoms with Crippen LogP contribution in [0.4, 0.5) is 0 Å². The van der Waals surface area contributed by atoms with E-state index in [9.17, 15) is 4.79 Å². The highest BCUT2D eigenvalue weighted by molar-refractivity contribution is 5.80. The van der Waals surface area contributed by atoms with Gasteiger partial charge in [0, 0.05) is 11.6 Å². The van der Waals surface area contributed by atoms with Gasteiger partial charge in [0.05, 0.1) is 6.20 Å². The first kappa shape index (κ1) is 5.22. The number of aromatic amines is 1. The molecule has 0 saturated heterocycles. The number of nitrogens with one attached hydrogen (secondary N) is 1. The van der Waals surface area contributed by atoms with Gasteiger partial charge >= 0.3 is 0 Å². The van der Waals surface area contributed by atoms with Crippen LogP contribution in [0.15, 0.2) is 18.5 Å². The van der Waals surface area contributed by atoms with Crippen LogP contribution >= 0.6 is 0 Å². The van der Waals surface area contributed by atoms with Gasteiger partial charge in [-0.05, 0) is 6.07 Å². The summed E-state index contributed by atoms with van der Waals surface area (Å²) in [5.41, 5.74) is 0.745. The minimum absolute atomic E-state index is 0.666. The highest BCUT2D eigenvalue weighted by atomic mass is 16.1. The lowest BCUT2D eigenvalue weighted by Crippen LogP contribution is -1.95. The van der Waals surface area contributed by atoms with Gasteiger partial charge in [-0.3, -0.25) is 4.79 Å². The quantitative estimate of drug-likeness (QED) is 0.575. The number of hydrogen-bond donors (Lipinski definition) is 1. The maximum atomic E-state index is 10.3. The lowest BCUT2D eigenvalue weighted by Gasteiger charge is -1.83. The minimum Gasteiger partial charge on any atom is -0.346 e. The van der Waals surface area contributed by atoms with E-state index < -0.39 is 0 Å². The van der Waals surface area contributed by atoms with Gasteiger partial charge in [0.2, 0.25) is 6.41 Å². The van der Waals surface area contributed by atoms with Crippen molar-refractivity contribution in [2.75, 3.05) is 0 Å². The molecule has 2 aromatic rings. The van der Waals surface area contributed by atoms with Gasteiger partial charge in [0.15, 0.2) is 0 Å². The average molecular weight is 135 g/mol. The Bertz CT molecular complexity index is 360. The van der Waals surface area contributed by atoms with Crippen molar-refractivity contribution < 1.29 is 4.79 Å². The van der Waals surface area contributed by atoms with E-state index in [1.165, 1.54) is 4.68 Å². The van der Waals surface area contributed by atoms with Crippen LogP contribution in [0.25, 0.3) is 11.0 Å². The molecule has 0 fully saturated rings. The number of rotatable bonds is 1. The summed E-state index contributed by atoms with van der Waals surface area (Å²) in [6.45, 7) is 0. The number of carbonyl (C=O) groups excluding carboxylic acids is 1. The van der Waals surface area contributed by atoms with E-state index in [1.807, 2.05) is 6.07 Å². The number of aromatic nitrogens is 3. The Morgan fingerprint density at radius 1 is 1.70 bits per heavy atom. The van der Waals surface area contributed by atoms with E-state index in [0.717, 1.165) is 11.0 Å². The normalized spacial score (nSPS) is 10.4. The third-order valence-electron chi connectivity index (χ3n) is 1.41. The Hall–Kier alpha value is -1.58. The Balaban J connectivity index is 2.88. The lowest BCUT2D eigenvalue weighted by atomic mass is 10.5. The van der Waals surface area contributed by atoms with Crippen molar-refractivity contribution in [3.8, 4) is 0 Å². The molecule has 2 heterocycles. The monoisotopic (exact) mass is 135 g/mol. The molecule has 50 valence electrons. The van der Waals surface area contributed by atoms with E-state index in [1.54, 1.807) is 12.4 Å². The van der Waals surface area contributed by atoms with Crippen LogP contribution in [0.3, 0.4) is 0 Å². The van der Waals surface area contributed by atoms with Gasteiger partial charge < -0.3 is 4.98 Å². The van der Waals surface area contributed by atoms with Crippen molar-refractivity contribution in [1.82, 2.24) is 14.8 Å². The molecular weight excluding hydrogens is 130 g/mol. The molecule has 0 bridgehead atoms. The Labute approximate surface area is 56.5 Å². The number of fused-ring (bicyclic) bond motifs is 1. The Morgan fingerprint density at radius 3 is 3.40 bits per heavy atom. The van der Waals surface area contributed by atoms with E-state index in [4.69, 9.17) is 0 Å². The van der Waals surface area contributed by atoms with E-state index >= 15 is 0 Å². The summed E-state index contributed by atoms with van der Waals surface area (Å²) in [5, 5.41) is 4.74. The van der Waals surface area contributed by atoms with Gasteiger partial charge in [-0.1, -0.05) is 0 Å². The summed E-state index contributed by atoms with van der Waals surface area (Å²) >= 11 is 0. The molecule has 1 N–H and O–H groups in total. The Morgan fingerprint density at radius 2 is 2.60 bits per heavy atom. The maximum absolute atomic E-state index is 10.3. The van der Waals surface area contributed by atoms with Gasteiger partial charge in [-0.15, -0.1) is 0 Å². The summed E-state index contributed by atoms with van der Waals surface area (Å²) in [7, 11) is 0. The standard InChI is InChI=1S/C6H5N3O/c10-4-9-6-5(3-8-9)1-2-7-6/h1-4,7H. The van der Waals surface area contributed by atoms with Gasteiger partial charge in [0.1, 0.15) is 5.65 Å². The fourth-order valence-corrected chi connectivity index (χ4v) is 0.937. The molecule has 0 amide bonds. The summed E-state index contributed by atoms with van der Waals surface area (Å²) in [6.07, 6.45) is 4.07. The molecule has 0 saturated carbocycles. The van der Waals surface area contributed by atoms with Crippen LogP contribution in [-0.2, 0) is 4.79 Å². The first-order valence-corrected chi connectivity index (χ1v) is 2.88. The molecule has 0 aliphatic carbocycles. The van der Waals surface area contributed by atoms with Gasteiger partial charge in [0.25, 0.3) is 0 Å². The van der Waals surface area contributed by atoms with Crippen molar-refractivity contribution in [2.45, 2.75) is 0 Å². The van der Waals surface area contributed by atoms with Crippen LogP contribution < -0.4 is 0 Å². The number of carbonyl (C=O) groups is 1. The highest BCUT2D eigenvalue weighted by Gasteiger charge is 1.99. The van der Waals surface area contributed by atoms with E-state index in [0.29, 0.717) is 6.41 Å². The molecule has 0 aliphatic rings. The summed E-state index contributed by atoms with van der Waals surface area (Å²) < 4.78 is 1.26. The van der Waals surface area contributed by atoms with Crippen LogP contribution in [0.5, 0.6) is 0 Å². The lowest BCUT2D eigenvalue weighted by molar-refractivity contribution is 0.542. The van der Waals surface area contributed by atoms with Crippen LogP contribution in [0, 0.1) is 0 Å². The molecule has 0 radical (unpaired) electrons. The fourth-order valence-electron chi connectivity index (χ4n) is 0.937. The third kappa shape index (κ3) is 0.500. The molecule has 0 atom stereocenters. The summed E-state index contributed by atoms with van der Waals surface area (Å²) in [6, 6.07) is 1.86. The SMILES string of the molecule is O=Cn1ncc2cc[nH]c21. The smallest absolute Gasteiger partial charge is 0.236 e. The molecule has 2 rings (SSSR count). The van der Waals surface area contributed by atoms with E-state index in [-0.39, 0.29) is 0 Å². The topological polar surface area (TPSA) is 50.7 Å². The van der Waals surface area contributed by atoms with Crippen molar-refractivity contribution in [3.05, 3.63) is 18.5 Å². The summed E-state index contributed by atoms with van der Waals surface area (Å²) in [5.74, 6) is 0. The van der Waals surface area contributed by atoms with E-state index in [2.05, 4.69) is 10.1 Å². The van der Waals surface area contributed by atoms with Crippen molar-refractivity contribution >= 4 is 17.4 Å². The second kappa shape index (κ2) is 1.70. The highest BCUT2D eigenvalue weighted by Crippen LogP contribution is 2.07. The first-order valence-electron chi connectivity index (χ1n) is 2.88. The Kier molecular flexibility index (Phi) is 0.887. The van der Waals surface area contributed by atoms with Crippen LogP contribution in [-0.4, -0.2) is 21.2 Å². The van der Waals surface area contributed by atoms with Crippen molar-refractivity contribution in [2.24, 2.45) is 0 Å². The largest absolute Gasteiger partial charge is 0.346 e. The second-order valence-electron chi connectivity index (χ2n) is 1.98. The zero-order valence-electron chi connectivity index (χ0n) is 5.11. The number of nitrogens with zero attached hydrogens (tertiary/aromatic N) is 2. The minimum atomic E-state index is 0.666. The molecule has 4 heteroatoms. The van der Waals surface area contributed by atoms with Crippen molar-refractivity contribution in [3.63, 3.8) is 0 Å². The maximum Gasteiger partial charge on any atom is 0.236 e. The molecule has 0 aromatic carbocycles. The first-order chi connectivity index (χ1) is 4.92. The summed E-state index contributed by atoms with van der Waals surface area (Å²) in [4.78, 5) is 13.1. The molecule has 0 aliphatic heterocycles. The predicted molar refractivity (Wildman–Crippen MR) is 36.2 cm³/mol. The molecule has 0 unspecified atom stereocenters. The third-order valence-corrected chi connectivity index (χ3v) is 1.41.